The van der Waals surface area contributed by atoms with Crippen LogP contribution in [0.25, 0.3) is 0 Å². The first kappa shape index (κ1) is 8.70. The van der Waals surface area contributed by atoms with Gasteiger partial charge in [-0.1, -0.05) is 18.6 Å². The first-order valence-corrected chi connectivity index (χ1v) is 4.71. The molecule has 0 amide bonds. The molecule has 1 N–H and O–H groups in total. The minimum Gasteiger partial charge on any atom is -0.388 e. The molecule has 1 fully saturated rings. The van der Waals surface area contributed by atoms with Crippen molar-refractivity contribution in [3.63, 3.8) is 0 Å². The second kappa shape index (κ2) is 3.46. The molecule has 70 valence electrons. The number of hydrogen-bond donors (Lipinski definition) is 1. The van der Waals surface area contributed by atoms with E-state index < -0.39 is 6.10 Å². The van der Waals surface area contributed by atoms with E-state index in [9.17, 15) is 9.50 Å². The van der Waals surface area contributed by atoms with Crippen LogP contribution in [0, 0.1) is 11.7 Å². The molecule has 2 heteroatoms. The Morgan fingerprint density at radius 1 is 1.23 bits per heavy atom. The summed E-state index contributed by atoms with van der Waals surface area (Å²) in [6.45, 7) is 0. The highest BCUT2D eigenvalue weighted by atomic mass is 19.1. The Morgan fingerprint density at radius 2 is 1.85 bits per heavy atom. The predicted molar refractivity (Wildman–Crippen MR) is 48.7 cm³/mol. The first-order chi connectivity index (χ1) is 6.27. The number of aliphatic hydroxyl groups excluding tert-OH is 1. The average molecular weight is 180 g/mol. The highest BCUT2D eigenvalue weighted by Crippen LogP contribution is 2.37. The topological polar surface area (TPSA) is 20.2 Å². The van der Waals surface area contributed by atoms with Gasteiger partial charge in [-0.15, -0.1) is 0 Å². The molecule has 13 heavy (non-hydrogen) atoms. The lowest BCUT2D eigenvalue weighted by atomic mass is 9.79. The molecule has 1 aromatic carbocycles. The molecule has 0 aromatic heterocycles. The fourth-order valence-electron chi connectivity index (χ4n) is 1.69. The fourth-order valence-corrected chi connectivity index (χ4v) is 1.69. The first-order valence-electron chi connectivity index (χ1n) is 4.71. The second-order valence-corrected chi connectivity index (χ2v) is 3.69. The van der Waals surface area contributed by atoms with Crippen LogP contribution in [-0.2, 0) is 0 Å². The second-order valence-electron chi connectivity index (χ2n) is 3.69. The Balaban J connectivity index is 2.10. The Labute approximate surface area is 77.2 Å². The van der Waals surface area contributed by atoms with Gasteiger partial charge in [0.25, 0.3) is 0 Å². The van der Waals surface area contributed by atoms with Crippen molar-refractivity contribution in [2.45, 2.75) is 25.4 Å². The van der Waals surface area contributed by atoms with E-state index in [0.717, 1.165) is 18.4 Å². The molecule has 1 unspecified atom stereocenters. The minimum atomic E-state index is -0.394. The molecule has 1 saturated carbocycles. The van der Waals surface area contributed by atoms with Crippen LogP contribution in [0.2, 0.25) is 0 Å². The number of halogens is 1. The normalized spacial score (nSPS) is 19.5. The Kier molecular flexibility index (Phi) is 2.32. The third-order valence-corrected chi connectivity index (χ3v) is 2.81. The van der Waals surface area contributed by atoms with Gasteiger partial charge in [0.15, 0.2) is 0 Å². The fraction of sp³-hybridized carbons (Fsp3) is 0.455. The summed E-state index contributed by atoms with van der Waals surface area (Å²) in [4.78, 5) is 0. The minimum absolute atomic E-state index is 0.246. The van der Waals surface area contributed by atoms with Gasteiger partial charge in [-0.2, -0.15) is 0 Å². The van der Waals surface area contributed by atoms with Gasteiger partial charge in [0.05, 0.1) is 6.10 Å². The summed E-state index contributed by atoms with van der Waals surface area (Å²) in [6, 6.07) is 6.13. The molecule has 0 heterocycles. The van der Waals surface area contributed by atoms with Crippen LogP contribution in [-0.4, -0.2) is 5.11 Å². The molecule has 1 aromatic rings. The molecule has 1 atom stereocenters. The Bertz CT molecular complexity index is 277. The van der Waals surface area contributed by atoms with Gasteiger partial charge in [-0.05, 0) is 36.5 Å². The summed E-state index contributed by atoms with van der Waals surface area (Å²) in [7, 11) is 0. The van der Waals surface area contributed by atoms with Crippen LogP contribution < -0.4 is 0 Å². The summed E-state index contributed by atoms with van der Waals surface area (Å²) in [5, 5.41) is 9.81. The molecule has 0 saturated heterocycles. The van der Waals surface area contributed by atoms with E-state index in [1.807, 2.05) is 0 Å². The summed E-state index contributed by atoms with van der Waals surface area (Å²) < 4.78 is 12.6. The van der Waals surface area contributed by atoms with Gasteiger partial charge >= 0.3 is 0 Å². The molecular weight excluding hydrogens is 167 g/mol. The smallest absolute Gasteiger partial charge is 0.123 e. The van der Waals surface area contributed by atoms with Crippen molar-refractivity contribution in [2.24, 2.45) is 5.92 Å². The zero-order valence-electron chi connectivity index (χ0n) is 7.41. The monoisotopic (exact) mass is 180 g/mol. The van der Waals surface area contributed by atoms with Crippen molar-refractivity contribution in [3.05, 3.63) is 35.6 Å². The van der Waals surface area contributed by atoms with Crippen LogP contribution >= 0.6 is 0 Å². The molecule has 0 bridgehead atoms. The Hall–Kier alpha value is -0.890. The zero-order chi connectivity index (χ0) is 9.26. The predicted octanol–water partition coefficient (Wildman–Crippen LogP) is 2.66. The molecule has 1 aliphatic carbocycles. The molecule has 1 nitrogen and oxygen atoms in total. The van der Waals surface area contributed by atoms with E-state index in [-0.39, 0.29) is 5.82 Å². The Morgan fingerprint density at radius 3 is 2.31 bits per heavy atom. The summed E-state index contributed by atoms with van der Waals surface area (Å²) in [6.07, 6.45) is 3.01. The van der Waals surface area contributed by atoms with E-state index in [1.165, 1.54) is 18.6 Å². The molecule has 0 aliphatic heterocycles. The van der Waals surface area contributed by atoms with Crippen LogP contribution in [0.15, 0.2) is 24.3 Å². The largest absolute Gasteiger partial charge is 0.388 e. The van der Waals surface area contributed by atoms with E-state index in [2.05, 4.69) is 0 Å². The number of hydrogen-bond acceptors (Lipinski definition) is 1. The maximum Gasteiger partial charge on any atom is 0.123 e. The summed E-state index contributed by atoms with van der Waals surface area (Å²) in [5.41, 5.74) is 0.839. The van der Waals surface area contributed by atoms with Crippen molar-refractivity contribution in [1.29, 1.82) is 0 Å². The van der Waals surface area contributed by atoms with Gasteiger partial charge in [-0.25, -0.2) is 4.39 Å². The highest BCUT2D eigenvalue weighted by Gasteiger charge is 2.26. The van der Waals surface area contributed by atoms with Crippen molar-refractivity contribution in [1.82, 2.24) is 0 Å². The lowest BCUT2D eigenvalue weighted by Gasteiger charge is -2.30. The zero-order valence-corrected chi connectivity index (χ0v) is 7.41. The van der Waals surface area contributed by atoms with Crippen LogP contribution in [0.1, 0.15) is 30.9 Å². The van der Waals surface area contributed by atoms with Gasteiger partial charge in [0.1, 0.15) is 5.82 Å². The quantitative estimate of drug-likeness (QED) is 0.741. The van der Waals surface area contributed by atoms with Gasteiger partial charge < -0.3 is 5.11 Å². The van der Waals surface area contributed by atoms with Gasteiger partial charge in [0.2, 0.25) is 0 Å². The molecule has 1 aliphatic rings. The number of benzene rings is 1. The van der Waals surface area contributed by atoms with Crippen molar-refractivity contribution in [2.75, 3.05) is 0 Å². The third-order valence-electron chi connectivity index (χ3n) is 2.81. The summed E-state index contributed by atoms with van der Waals surface area (Å²) in [5.74, 6) is 0.148. The van der Waals surface area contributed by atoms with Gasteiger partial charge in [-0.3, -0.25) is 0 Å². The van der Waals surface area contributed by atoms with Crippen molar-refractivity contribution in [3.8, 4) is 0 Å². The van der Waals surface area contributed by atoms with Crippen LogP contribution in [0.4, 0.5) is 4.39 Å². The van der Waals surface area contributed by atoms with E-state index >= 15 is 0 Å². The summed E-state index contributed by atoms with van der Waals surface area (Å²) >= 11 is 0. The lowest BCUT2D eigenvalue weighted by Crippen LogP contribution is -2.19. The van der Waals surface area contributed by atoms with Crippen LogP contribution in [0.5, 0.6) is 0 Å². The maximum atomic E-state index is 12.6. The van der Waals surface area contributed by atoms with E-state index in [1.54, 1.807) is 12.1 Å². The standard InChI is InChI=1S/C11H13FO/c12-10-6-4-9(5-7-10)11(13)8-2-1-3-8/h4-8,11,13H,1-3H2. The number of rotatable bonds is 2. The number of aliphatic hydroxyl groups is 1. The molecule has 0 spiro atoms. The average Bonchev–Trinajstić information content (AvgIpc) is 2.02. The van der Waals surface area contributed by atoms with Gasteiger partial charge in [0, 0.05) is 0 Å². The lowest BCUT2D eigenvalue weighted by molar-refractivity contribution is 0.0620. The van der Waals surface area contributed by atoms with Crippen molar-refractivity contribution >= 4 is 0 Å². The van der Waals surface area contributed by atoms with Crippen LogP contribution in [0.3, 0.4) is 0 Å². The van der Waals surface area contributed by atoms with E-state index in [0.29, 0.717) is 5.92 Å². The molecule has 0 radical (unpaired) electrons. The third kappa shape index (κ3) is 1.73. The molecule has 2 rings (SSSR count). The molecular formula is C11H13FO. The maximum absolute atomic E-state index is 12.6. The van der Waals surface area contributed by atoms with E-state index in [4.69, 9.17) is 0 Å². The van der Waals surface area contributed by atoms with Crippen molar-refractivity contribution < 1.29 is 9.50 Å². The SMILES string of the molecule is OC(c1ccc(F)cc1)C1CCC1. The highest BCUT2D eigenvalue weighted by molar-refractivity contribution is 5.19.